The maximum atomic E-state index is 12.6. The van der Waals surface area contributed by atoms with Gasteiger partial charge in [-0.25, -0.2) is 0 Å². The number of rotatable bonds is 9. The summed E-state index contributed by atoms with van der Waals surface area (Å²) >= 11 is 0. The number of aliphatic carboxylic acids is 2. The van der Waals surface area contributed by atoms with Crippen molar-refractivity contribution in [3.05, 3.63) is 0 Å². The van der Waals surface area contributed by atoms with E-state index in [4.69, 9.17) is 10.5 Å². The fraction of sp³-hybridized carbons (Fsp3) is 0.864. The van der Waals surface area contributed by atoms with Crippen LogP contribution in [0, 0.1) is 16.2 Å². The molecule has 0 aromatic carbocycles. The highest BCUT2D eigenvalue weighted by atomic mass is 16.6. The average molecular weight is 416 g/mol. The van der Waals surface area contributed by atoms with E-state index in [1.54, 1.807) is 20.8 Å². The number of carboxylic acid groups (broad SMARTS) is 2. The SMILES string of the molecule is CC(C)(C)OC(=O)CCC(N)(CCC(=O)O)CC(C(=O)O)(C(C)(C)C)C(C)(C)C. The Morgan fingerprint density at radius 1 is 0.793 bits per heavy atom. The van der Waals surface area contributed by atoms with E-state index >= 15 is 0 Å². The van der Waals surface area contributed by atoms with Crippen LogP contribution >= 0.6 is 0 Å². The van der Waals surface area contributed by atoms with Crippen molar-refractivity contribution < 1.29 is 29.3 Å². The molecule has 0 aromatic rings. The van der Waals surface area contributed by atoms with Gasteiger partial charge < -0.3 is 20.7 Å². The molecule has 1 unspecified atom stereocenters. The van der Waals surface area contributed by atoms with E-state index in [1.807, 2.05) is 41.5 Å². The standard InChI is InChI=1S/C22H41NO6/c1-18(2,3)22(17(27)28,19(4,5)6)14-21(23,12-10-15(24)25)13-11-16(26)29-20(7,8)9/h10-14,23H2,1-9H3,(H,24,25)(H,27,28). The third-order valence-corrected chi connectivity index (χ3v) is 5.63. The van der Waals surface area contributed by atoms with Crippen molar-refractivity contribution in [3.63, 3.8) is 0 Å². The Bertz CT molecular complexity index is 592. The lowest BCUT2D eigenvalue weighted by Gasteiger charge is -2.53. The molecule has 0 saturated heterocycles. The van der Waals surface area contributed by atoms with Gasteiger partial charge in [0.1, 0.15) is 5.60 Å². The highest BCUT2D eigenvalue weighted by Crippen LogP contribution is 2.56. The Labute approximate surface area is 175 Å². The van der Waals surface area contributed by atoms with Crippen LogP contribution in [0.2, 0.25) is 0 Å². The van der Waals surface area contributed by atoms with Gasteiger partial charge in [-0.2, -0.15) is 0 Å². The molecule has 0 saturated carbocycles. The Hall–Kier alpha value is -1.63. The number of hydrogen-bond donors (Lipinski definition) is 3. The quantitative estimate of drug-likeness (QED) is 0.481. The van der Waals surface area contributed by atoms with Crippen molar-refractivity contribution in [1.29, 1.82) is 0 Å². The lowest BCUT2D eigenvalue weighted by Crippen LogP contribution is -2.58. The minimum atomic E-state index is -1.23. The summed E-state index contributed by atoms with van der Waals surface area (Å²) in [4.78, 5) is 36.0. The van der Waals surface area contributed by atoms with Crippen molar-refractivity contribution in [3.8, 4) is 0 Å². The van der Waals surface area contributed by atoms with Crippen LogP contribution in [0.25, 0.3) is 0 Å². The van der Waals surface area contributed by atoms with Crippen molar-refractivity contribution in [2.75, 3.05) is 0 Å². The Balaban J connectivity index is 6.02. The van der Waals surface area contributed by atoms with Crippen molar-refractivity contribution in [2.24, 2.45) is 22.0 Å². The molecule has 7 heteroatoms. The smallest absolute Gasteiger partial charge is 0.310 e. The molecule has 1 atom stereocenters. The summed E-state index contributed by atoms with van der Waals surface area (Å²) in [6.07, 6.45) is 0.0767. The van der Waals surface area contributed by atoms with Crippen LogP contribution in [-0.2, 0) is 19.1 Å². The topological polar surface area (TPSA) is 127 Å². The van der Waals surface area contributed by atoms with E-state index in [0.29, 0.717) is 0 Å². The molecular weight excluding hydrogens is 374 g/mol. The van der Waals surface area contributed by atoms with Gasteiger partial charge in [-0.3, -0.25) is 14.4 Å². The third-order valence-electron chi connectivity index (χ3n) is 5.63. The molecule has 0 rings (SSSR count). The highest BCUT2D eigenvalue weighted by Gasteiger charge is 2.59. The number of ether oxygens (including phenoxy) is 1. The van der Waals surface area contributed by atoms with Gasteiger partial charge in [0.2, 0.25) is 0 Å². The molecule has 7 nitrogen and oxygen atoms in total. The van der Waals surface area contributed by atoms with E-state index < -0.39 is 45.3 Å². The van der Waals surface area contributed by atoms with Crippen LogP contribution in [-0.4, -0.2) is 39.3 Å². The van der Waals surface area contributed by atoms with Crippen LogP contribution < -0.4 is 5.73 Å². The molecule has 0 spiro atoms. The average Bonchev–Trinajstić information content (AvgIpc) is 2.44. The fourth-order valence-electron chi connectivity index (χ4n) is 4.30. The summed E-state index contributed by atoms with van der Waals surface area (Å²) in [5.74, 6) is -2.42. The van der Waals surface area contributed by atoms with Crippen molar-refractivity contribution in [1.82, 2.24) is 0 Å². The number of carboxylic acids is 2. The van der Waals surface area contributed by atoms with Crippen LogP contribution in [0.3, 0.4) is 0 Å². The minimum absolute atomic E-state index is 0.00261. The van der Waals surface area contributed by atoms with Gasteiger partial charge in [0, 0.05) is 18.4 Å². The van der Waals surface area contributed by atoms with Gasteiger partial charge in [0.05, 0.1) is 5.41 Å². The molecule has 29 heavy (non-hydrogen) atoms. The number of esters is 1. The predicted molar refractivity (Wildman–Crippen MR) is 112 cm³/mol. The molecule has 0 heterocycles. The number of hydrogen-bond acceptors (Lipinski definition) is 5. The molecule has 4 N–H and O–H groups in total. The molecule has 0 aliphatic rings. The molecule has 0 amide bonds. The van der Waals surface area contributed by atoms with E-state index in [1.165, 1.54) is 0 Å². The third kappa shape index (κ3) is 7.61. The highest BCUT2D eigenvalue weighted by molar-refractivity contribution is 5.77. The summed E-state index contributed by atoms with van der Waals surface area (Å²) in [6, 6.07) is 0. The van der Waals surface area contributed by atoms with Gasteiger partial charge in [0.25, 0.3) is 0 Å². The summed E-state index contributed by atoms with van der Waals surface area (Å²) in [6.45, 7) is 16.4. The zero-order valence-electron chi connectivity index (χ0n) is 19.6. The zero-order valence-corrected chi connectivity index (χ0v) is 19.6. The lowest BCUT2D eigenvalue weighted by atomic mass is 9.50. The molecule has 0 fully saturated rings. The van der Waals surface area contributed by atoms with E-state index in [9.17, 15) is 24.6 Å². The van der Waals surface area contributed by atoms with Gasteiger partial charge in [-0.15, -0.1) is 0 Å². The number of carbonyl (C=O) groups excluding carboxylic acids is 1. The van der Waals surface area contributed by atoms with Crippen molar-refractivity contribution >= 4 is 17.9 Å². The summed E-state index contributed by atoms with van der Waals surface area (Å²) in [5, 5.41) is 19.5. The van der Waals surface area contributed by atoms with Gasteiger partial charge in [-0.05, 0) is 50.9 Å². The van der Waals surface area contributed by atoms with E-state index in [-0.39, 0.29) is 32.1 Å². The Morgan fingerprint density at radius 2 is 1.21 bits per heavy atom. The molecular formula is C22H41NO6. The van der Waals surface area contributed by atoms with Crippen molar-refractivity contribution in [2.45, 2.75) is 106 Å². The number of nitrogens with two attached hydrogens (primary N) is 1. The van der Waals surface area contributed by atoms with Crippen LogP contribution in [0.4, 0.5) is 0 Å². The predicted octanol–water partition coefficient (Wildman–Crippen LogP) is 4.22. The first kappa shape index (κ1) is 27.4. The second-order valence-corrected chi connectivity index (χ2v) is 11.2. The van der Waals surface area contributed by atoms with E-state index in [0.717, 1.165) is 0 Å². The Morgan fingerprint density at radius 3 is 1.52 bits per heavy atom. The van der Waals surface area contributed by atoms with Gasteiger partial charge in [-0.1, -0.05) is 41.5 Å². The molecule has 0 aliphatic carbocycles. The first-order valence-corrected chi connectivity index (χ1v) is 10.1. The summed E-state index contributed by atoms with van der Waals surface area (Å²) in [5.41, 5.74) is 2.31. The van der Waals surface area contributed by atoms with Crippen LogP contribution in [0.5, 0.6) is 0 Å². The maximum absolute atomic E-state index is 12.6. The lowest BCUT2D eigenvalue weighted by molar-refractivity contribution is -0.172. The Kier molecular flexibility index (Phi) is 8.52. The first-order valence-electron chi connectivity index (χ1n) is 10.1. The molecule has 0 radical (unpaired) electrons. The largest absolute Gasteiger partial charge is 0.481 e. The van der Waals surface area contributed by atoms with Crippen LogP contribution in [0.15, 0.2) is 0 Å². The second-order valence-electron chi connectivity index (χ2n) is 11.2. The molecule has 0 aliphatic heterocycles. The minimum Gasteiger partial charge on any atom is -0.481 e. The fourth-order valence-corrected chi connectivity index (χ4v) is 4.30. The van der Waals surface area contributed by atoms with E-state index in [2.05, 4.69) is 0 Å². The van der Waals surface area contributed by atoms with Gasteiger partial charge >= 0.3 is 17.9 Å². The molecule has 0 aromatic heterocycles. The molecule has 170 valence electrons. The monoisotopic (exact) mass is 415 g/mol. The maximum Gasteiger partial charge on any atom is 0.310 e. The summed E-state index contributed by atoms with van der Waals surface area (Å²) in [7, 11) is 0. The molecule has 0 bridgehead atoms. The normalized spacial score (nSPS) is 15.5. The zero-order chi connectivity index (χ0) is 23.5. The first-order chi connectivity index (χ1) is 12.7. The van der Waals surface area contributed by atoms with Crippen LogP contribution in [0.1, 0.15) is 94.4 Å². The second kappa shape index (κ2) is 9.02. The number of carbonyl (C=O) groups is 3. The van der Waals surface area contributed by atoms with Gasteiger partial charge in [0.15, 0.2) is 0 Å². The summed E-state index contributed by atoms with van der Waals surface area (Å²) < 4.78 is 5.34.